The van der Waals surface area contributed by atoms with Crippen LogP contribution in [0, 0.1) is 13.8 Å². The molecule has 5 rings (SSSR count). The summed E-state index contributed by atoms with van der Waals surface area (Å²) >= 11 is 12.3. The predicted molar refractivity (Wildman–Crippen MR) is 156 cm³/mol. The van der Waals surface area contributed by atoms with Crippen LogP contribution in [0.4, 0.5) is 11.4 Å². The van der Waals surface area contributed by atoms with E-state index in [9.17, 15) is 0 Å². The Morgan fingerprint density at radius 2 is 1.78 bits per heavy atom. The number of benzene rings is 2. The molecule has 1 saturated heterocycles. The summed E-state index contributed by atoms with van der Waals surface area (Å²) in [5.74, 6) is 0.759. The second-order valence-electron chi connectivity index (χ2n) is 9.39. The molecule has 0 amide bonds. The summed E-state index contributed by atoms with van der Waals surface area (Å²) in [6.07, 6.45) is 1.83. The SMILES string of the molecule is COc1ccc(Cl)cc1-n1c(C)cc([C@@H]2[C@H](c3ccccn3)NC(=S)N2c2ccc(N(C)C)cc2)c1C. The molecule has 1 aliphatic rings. The minimum atomic E-state index is -0.127. The van der Waals surface area contributed by atoms with Crippen molar-refractivity contribution in [1.82, 2.24) is 14.9 Å². The van der Waals surface area contributed by atoms with E-state index in [1.54, 1.807) is 7.11 Å². The third kappa shape index (κ3) is 4.54. The van der Waals surface area contributed by atoms with Crippen LogP contribution in [0.3, 0.4) is 0 Å². The van der Waals surface area contributed by atoms with E-state index >= 15 is 0 Å². The summed E-state index contributed by atoms with van der Waals surface area (Å²) < 4.78 is 7.89. The lowest BCUT2D eigenvalue weighted by Crippen LogP contribution is -2.29. The molecular formula is C29H30ClN5OS. The van der Waals surface area contributed by atoms with Gasteiger partial charge < -0.3 is 24.4 Å². The Bertz CT molecular complexity index is 1430. The summed E-state index contributed by atoms with van der Waals surface area (Å²) in [6.45, 7) is 4.23. The molecule has 6 nitrogen and oxygen atoms in total. The number of thiocarbonyl (C=S) groups is 1. The average molecular weight is 532 g/mol. The summed E-state index contributed by atoms with van der Waals surface area (Å²) in [5, 5.41) is 4.89. The van der Waals surface area contributed by atoms with Gasteiger partial charge in [0.25, 0.3) is 0 Å². The van der Waals surface area contributed by atoms with Gasteiger partial charge in [-0.3, -0.25) is 4.98 Å². The van der Waals surface area contributed by atoms with Gasteiger partial charge in [-0.15, -0.1) is 0 Å². The maximum absolute atomic E-state index is 6.41. The van der Waals surface area contributed by atoms with Crippen LogP contribution in [0.2, 0.25) is 5.02 Å². The molecule has 37 heavy (non-hydrogen) atoms. The normalized spacial score (nSPS) is 17.1. The number of aryl methyl sites for hydroxylation is 1. The number of halogens is 1. The van der Waals surface area contributed by atoms with Crippen LogP contribution in [-0.2, 0) is 0 Å². The van der Waals surface area contributed by atoms with Crippen molar-refractivity contribution in [3.8, 4) is 11.4 Å². The van der Waals surface area contributed by atoms with Crippen LogP contribution in [0.15, 0.2) is 72.9 Å². The Morgan fingerprint density at radius 1 is 1.03 bits per heavy atom. The maximum atomic E-state index is 6.41. The van der Waals surface area contributed by atoms with Gasteiger partial charge in [0.15, 0.2) is 5.11 Å². The molecular weight excluding hydrogens is 502 g/mol. The molecule has 0 spiro atoms. The van der Waals surface area contributed by atoms with Gasteiger partial charge in [-0.1, -0.05) is 17.7 Å². The Labute approximate surface area is 228 Å². The number of pyridine rings is 1. The van der Waals surface area contributed by atoms with Gasteiger partial charge in [0.1, 0.15) is 5.75 Å². The lowest BCUT2D eigenvalue weighted by atomic mass is 9.96. The summed E-state index contributed by atoms with van der Waals surface area (Å²) in [7, 11) is 5.75. The highest BCUT2D eigenvalue weighted by atomic mass is 35.5. The maximum Gasteiger partial charge on any atom is 0.174 e. The first-order valence-electron chi connectivity index (χ1n) is 12.1. The third-order valence-electron chi connectivity index (χ3n) is 6.91. The van der Waals surface area contributed by atoms with Gasteiger partial charge in [0.05, 0.1) is 30.6 Å². The zero-order valence-electron chi connectivity index (χ0n) is 21.6. The first kappa shape index (κ1) is 25.1. The minimum Gasteiger partial charge on any atom is -0.495 e. The summed E-state index contributed by atoms with van der Waals surface area (Å²) in [6, 6.07) is 22.1. The number of methoxy groups -OCH3 is 1. The van der Waals surface area contributed by atoms with Crippen LogP contribution < -0.4 is 19.9 Å². The van der Waals surface area contributed by atoms with Crippen molar-refractivity contribution < 1.29 is 4.74 Å². The van der Waals surface area contributed by atoms with E-state index in [1.165, 1.54) is 0 Å². The van der Waals surface area contributed by atoms with Crippen molar-refractivity contribution in [2.75, 3.05) is 31.0 Å². The standard InChI is InChI=1S/C29H30ClN5OS/c1-18-16-23(19(2)34(18)25-17-20(30)9-14-26(25)36-5)28-27(24-8-6-7-15-31-24)32-29(37)35(28)22-12-10-21(11-13-22)33(3)4/h6-17,27-28H,1-5H3,(H,32,37)/t27-,28+/m0/s1. The van der Waals surface area contributed by atoms with Gasteiger partial charge in [-0.25, -0.2) is 0 Å². The number of nitrogens with one attached hydrogen (secondary N) is 1. The second-order valence-corrected chi connectivity index (χ2v) is 10.2. The topological polar surface area (TPSA) is 45.6 Å². The zero-order chi connectivity index (χ0) is 26.3. The van der Waals surface area contributed by atoms with E-state index < -0.39 is 0 Å². The van der Waals surface area contributed by atoms with Crippen LogP contribution in [0.5, 0.6) is 5.75 Å². The summed E-state index contributed by atoms with van der Waals surface area (Å²) in [5.41, 5.74) is 7.31. The molecule has 1 fully saturated rings. The first-order valence-corrected chi connectivity index (χ1v) is 12.9. The van der Waals surface area contributed by atoms with Crippen molar-refractivity contribution in [2.24, 2.45) is 0 Å². The van der Waals surface area contributed by atoms with Crippen LogP contribution in [-0.4, -0.2) is 35.9 Å². The fraction of sp³-hybridized carbons (Fsp3) is 0.241. The molecule has 0 radical (unpaired) electrons. The highest BCUT2D eigenvalue weighted by Crippen LogP contribution is 2.44. The van der Waals surface area contributed by atoms with Gasteiger partial charge in [0, 0.05) is 48.1 Å². The Morgan fingerprint density at radius 3 is 2.43 bits per heavy atom. The fourth-order valence-corrected chi connectivity index (χ4v) is 5.67. The summed E-state index contributed by atoms with van der Waals surface area (Å²) in [4.78, 5) is 8.98. The van der Waals surface area contributed by atoms with Crippen molar-refractivity contribution in [3.63, 3.8) is 0 Å². The molecule has 2 aromatic heterocycles. The monoisotopic (exact) mass is 531 g/mol. The number of hydrogen-bond acceptors (Lipinski definition) is 4. The molecule has 1 N–H and O–H groups in total. The van der Waals surface area contributed by atoms with E-state index in [-0.39, 0.29) is 12.1 Å². The van der Waals surface area contributed by atoms with E-state index in [2.05, 4.69) is 63.9 Å². The predicted octanol–water partition coefficient (Wildman–Crippen LogP) is 6.39. The smallest absolute Gasteiger partial charge is 0.174 e. The Kier molecular flexibility index (Phi) is 6.84. The van der Waals surface area contributed by atoms with Crippen LogP contribution >= 0.6 is 23.8 Å². The molecule has 8 heteroatoms. The molecule has 1 aliphatic heterocycles. The third-order valence-corrected chi connectivity index (χ3v) is 7.46. The zero-order valence-corrected chi connectivity index (χ0v) is 23.1. The minimum absolute atomic E-state index is 0.113. The molecule has 0 unspecified atom stereocenters. The number of aromatic nitrogens is 2. The van der Waals surface area contributed by atoms with Crippen LogP contribution in [0.25, 0.3) is 5.69 Å². The van der Waals surface area contributed by atoms with E-state index in [0.29, 0.717) is 10.1 Å². The molecule has 190 valence electrons. The highest BCUT2D eigenvalue weighted by molar-refractivity contribution is 7.80. The number of nitrogens with zero attached hydrogens (tertiary/aromatic N) is 4. The Hall–Kier alpha value is -3.55. The van der Waals surface area contributed by atoms with E-state index in [0.717, 1.165) is 45.5 Å². The number of ether oxygens (including phenoxy) is 1. The van der Waals surface area contributed by atoms with Gasteiger partial charge in [-0.05, 0) is 92.3 Å². The first-order chi connectivity index (χ1) is 17.8. The van der Waals surface area contributed by atoms with Crippen molar-refractivity contribution in [1.29, 1.82) is 0 Å². The second kappa shape index (κ2) is 10.1. The lowest BCUT2D eigenvalue weighted by Gasteiger charge is -2.28. The molecule has 0 saturated carbocycles. The highest BCUT2D eigenvalue weighted by Gasteiger charge is 2.42. The molecule has 2 aromatic carbocycles. The van der Waals surface area contributed by atoms with Gasteiger partial charge in [0.2, 0.25) is 0 Å². The largest absolute Gasteiger partial charge is 0.495 e. The number of rotatable bonds is 6. The molecule has 0 bridgehead atoms. The molecule has 3 heterocycles. The molecule has 2 atom stereocenters. The van der Waals surface area contributed by atoms with Crippen LogP contribution in [0.1, 0.15) is 34.7 Å². The lowest BCUT2D eigenvalue weighted by molar-refractivity contribution is 0.412. The molecule has 4 aromatic rings. The van der Waals surface area contributed by atoms with Gasteiger partial charge in [-0.2, -0.15) is 0 Å². The quantitative estimate of drug-likeness (QED) is 0.291. The van der Waals surface area contributed by atoms with Crippen molar-refractivity contribution in [3.05, 3.63) is 101 Å². The number of hydrogen-bond donors (Lipinski definition) is 1. The fourth-order valence-electron chi connectivity index (χ4n) is 5.16. The van der Waals surface area contributed by atoms with Crippen molar-refractivity contribution in [2.45, 2.75) is 25.9 Å². The average Bonchev–Trinajstić information content (AvgIpc) is 3.39. The van der Waals surface area contributed by atoms with E-state index in [1.807, 2.05) is 56.7 Å². The Balaban J connectivity index is 1.68. The van der Waals surface area contributed by atoms with Gasteiger partial charge >= 0.3 is 0 Å². The van der Waals surface area contributed by atoms with E-state index in [4.69, 9.17) is 33.5 Å². The molecule has 0 aliphatic carbocycles. The number of anilines is 2. The van der Waals surface area contributed by atoms with Crippen molar-refractivity contribution >= 4 is 40.3 Å².